The number of halogens is 3. The van der Waals surface area contributed by atoms with Crippen LogP contribution in [0.5, 0.6) is 0 Å². The molecule has 0 saturated heterocycles. The smallest absolute Gasteiger partial charge is 0.304 e. The van der Waals surface area contributed by atoms with E-state index in [1.807, 2.05) is 5.32 Å². The average molecular weight is 324 g/mol. The monoisotopic (exact) mass is 322 g/mol. The molecule has 1 rings (SSSR count). The van der Waals surface area contributed by atoms with Crippen molar-refractivity contribution in [2.45, 2.75) is 6.42 Å². The Morgan fingerprint density at radius 1 is 1.41 bits per heavy atom. The van der Waals surface area contributed by atoms with Gasteiger partial charge in [0.1, 0.15) is 5.82 Å². The van der Waals surface area contributed by atoms with Crippen LogP contribution in [0.25, 0.3) is 0 Å². The molecular formula is C10H9BrClFN2O2. The molecule has 0 fully saturated rings. The van der Waals surface area contributed by atoms with E-state index < -0.39 is 17.8 Å². The molecule has 0 radical (unpaired) electrons. The van der Waals surface area contributed by atoms with E-state index in [9.17, 15) is 14.0 Å². The number of imide groups is 1. The molecule has 0 aliphatic heterocycles. The number of urea groups is 1. The predicted octanol–water partition coefficient (Wildman–Crippen LogP) is 2.87. The molecule has 0 unspecified atom stereocenters. The third kappa shape index (κ3) is 4.32. The number of amides is 3. The molecule has 2 N–H and O–H groups in total. The summed E-state index contributed by atoms with van der Waals surface area (Å²) in [6, 6.07) is 3.45. The lowest BCUT2D eigenvalue weighted by atomic mass is 10.3. The van der Waals surface area contributed by atoms with Crippen LogP contribution in [-0.4, -0.2) is 17.8 Å². The Morgan fingerprint density at radius 3 is 2.71 bits per heavy atom. The third-order valence-corrected chi connectivity index (χ3v) is 2.63. The van der Waals surface area contributed by atoms with Gasteiger partial charge in [0, 0.05) is 16.8 Å². The molecule has 1 aromatic carbocycles. The number of anilines is 1. The van der Waals surface area contributed by atoms with Crippen molar-refractivity contribution < 1.29 is 14.0 Å². The van der Waals surface area contributed by atoms with Crippen molar-refractivity contribution in [1.29, 1.82) is 0 Å². The van der Waals surface area contributed by atoms with E-state index in [-0.39, 0.29) is 18.0 Å². The maximum atomic E-state index is 13.3. The van der Waals surface area contributed by atoms with Gasteiger partial charge in [-0.1, -0.05) is 6.07 Å². The van der Waals surface area contributed by atoms with Crippen molar-refractivity contribution in [3.8, 4) is 0 Å². The Morgan fingerprint density at radius 2 is 2.12 bits per heavy atom. The zero-order valence-corrected chi connectivity index (χ0v) is 10.9. The van der Waals surface area contributed by atoms with Gasteiger partial charge in [0.2, 0.25) is 5.91 Å². The molecule has 7 heteroatoms. The van der Waals surface area contributed by atoms with Crippen molar-refractivity contribution in [1.82, 2.24) is 5.32 Å². The molecule has 3 amide bonds. The van der Waals surface area contributed by atoms with Gasteiger partial charge in [-0.15, -0.1) is 11.6 Å². The average Bonchev–Trinajstić information content (AvgIpc) is 2.24. The number of nitrogens with one attached hydrogen (secondary N) is 2. The van der Waals surface area contributed by atoms with E-state index in [0.29, 0.717) is 4.47 Å². The second-order valence-corrected chi connectivity index (χ2v) is 4.27. The Bertz CT molecular complexity index is 422. The molecule has 4 nitrogen and oxygen atoms in total. The standard InChI is InChI=1S/C10H9BrClFN2O2/c11-6-2-1-3-7(13)9(6)15-10(17)14-8(16)4-5-12/h1-3H,4-5H2,(H2,14,15,16,17). The number of carbonyl (C=O) groups is 2. The Hall–Kier alpha value is -1.14. The maximum Gasteiger partial charge on any atom is 0.325 e. The van der Waals surface area contributed by atoms with Crippen LogP contribution >= 0.6 is 27.5 Å². The van der Waals surface area contributed by atoms with E-state index in [4.69, 9.17) is 11.6 Å². The molecular weight excluding hydrogens is 314 g/mol. The molecule has 0 aliphatic carbocycles. The summed E-state index contributed by atoms with van der Waals surface area (Å²) < 4.78 is 13.7. The van der Waals surface area contributed by atoms with Crippen molar-refractivity contribution in [2.24, 2.45) is 0 Å². The second kappa shape index (κ2) is 6.56. The second-order valence-electron chi connectivity index (χ2n) is 3.04. The van der Waals surface area contributed by atoms with E-state index in [0.717, 1.165) is 0 Å². The summed E-state index contributed by atoms with van der Waals surface area (Å²) in [5, 5.41) is 4.25. The number of rotatable bonds is 3. The highest BCUT2D eigenvalue weighted by molar-refractivity contribution is 9.10. The summed E-state index contributed by atoms with van der Waals surface area (Å²) in [7, 11) is 0. The summed E-state index contributed by atoms with van der Waals surface area (Å²) in [5.74, 6) is -1.01. The first-order valence-electron chi connectivity index (χ1n) is 4.65. The molecule has 0 aliphatic rings. The molecule has 92 valence electrons. The Balaban J connectivity index is 2.65. The first-order chi connectivity index (χ1) is 8.04. The number of benzene rings is 1. The zero-order valence-electron chi connectivity index (χ0n) is 8.60. The number of carbonyl (C=O) groups excluding carboxylic acids is 2. The Kier molecular flexibility index (Phi) is 5.37. The van der Waals surface area contributed by atoms with Crippen LogP contribution in [0.2, 0.25) is 0 Å². The van der Waals surface area contributed by atoms with E-state index in [1.54, 1.807) is 6.07 Å². The van der Waals surface area contributed by atoms with Crippen LogP contribution < -0.4 is 10.6 Å². The lowest BCUT2D eigenvalue weighted by molar-refractivity contribution is -0.119. The van der Waals surface area contributed by atoms with Crippen LogP contribution in [0.3, 0.4) is 0 Å². The molecule has 0 heterocycles. The van der Waals surface area contributed by atoms with Crippen LogP contribution in [0.1, 0.15) is 6.42 Å². The highest BCUT2D eigenvalue weighted by atomic mass is 79.9. The molecule has 0 bridgehead atoms. The first kappa shape index (κ1) is 13.9. The normalized spacial score (nSPS) is 9.82. The minimum absolute atomic E-state index is 0.0212. The minimum atomic E-state index is -0.800. The fourth-order valence-electron chi connectivity index (χ4n) is 1.04. The van der Waals surface area contributed by atoms with Gasteiger partial charge < -0.3 is 5.32 Å². The number of hydrogen-bond acceptors (Lipinski definition) is 2. The van der Waals surface area contributed by atoms with Gasteiger partial charge in [0.25, 0.3) is 0 Å². The van der Waals surface area contributed by atoms with Gasteiger partial charge in [-0.25, -0.2) is 9.18 Å². The molecule has 0 aromatic heterocycles. The predicted molar refractivity (Wildman–Crippen MR) is 66.6 cm³/mol. The SMILES string of the molecule is O=C(CCCl)NC(=O)Nc1c(F)cccc1Br. The fraction of sp³-hybridized carbons (Fsp3) is 0.200. The van der Waals surface area contributed by atoms with Crippen LogP contribution in [-0.2, 0) is 4.79 Å². The highest BCUT2D eigenvalue weighted by Gasteiger charge is 2.12. The molecule has 17 heavy (non-hydrogen) atoms. The lowest BCUT2D eigenvalue weighted by Crippen LogP contribution is -2.34. The number of alkyl halides is 1. The summed E-state index contributed by atoms with van der Waals surface area (Å²) in [4.78, 5) is 22.4. The first-order valence-corrected chi connectivity index (χ1v) is 5.98. The molecule has 0 saturated carbocycles. The lowest BCUT2D eigenvalue weighted by Gasteiger charge is -2.08. The largest absolute Gasteiger partial charge is 0.325 e. The number of para-hydroxylation sites is 1. The zero-order chi connectivity index (χ0) is 12.8. The summed E-state index contributed by atoms with van der Waals surface area (Å²) in [6.45, 7) is 0. The van der Waals surface area contributed by atoms with Gasteiger partial charge >= 0.3 is 6.03 Å². The van der Waals surface area contributed by atoms with Gasteiger partial charge in [0.05, 0.1) is 5.69 Å². The quantitative estimate of drug-likeness (QED) is 0.840. The van der Waals surface area contributed by atoms with Gasteiger partial charge in [0.15, 0.2) is 0 Å². The molecule has 0 spiro atoms. The van der Waals surface area contributed by atoms with E-state index >= 15 is 0 Å². The van der Waals surface area contributed by atoms with Gasteiger partial charge in [-0.3, -0.25) is 10.1 Å². The molecule has 0 atom stereocenters. The van der Waals surface area contributed by atoms with Gasteiger partial charge in [-0.05, 0) is 28.1 Å². The third-order valence-electron chi connectivity index (χ3n) is 1.78. The fourth-order valence-corrected chi connectivity index (χ4v) is 1.65. The van der Waals surface area contributed by atoms with Crippen molar-refractivity contribution >= 4 is 45.2 Å². The summed E-state index contributed by atoms with van der Waals surface area (Å²) in [6.07, 6.45) is 0.0212. The van der Waals surface area contributed by atoms with Crippen molar-refractivity contribution in [3.63, 3.8) is 0 Å². The van der Waals surface area contributed by atoms with E-state index in [2.05, 4.69) is 21.2 Å². The van der Waals surface area contributed by atoms with E-state index in [1.165, 1.54) is 12.1 Å². The molecule has 1 aromatic rings. The number of hydrogen-bond donors (Lipinski definition) is 2. The maximum absolute atomic E-state index is 13.3. The van der Waals surface area contributed by atoms with Crippen molar-refractivity contribution in [3.05, 3.63) is 28.5 Å². The minimum Gasteiger partial charge on any atom is -0.304 e. The van der Waals surface area contributed by atoms with Crippen LogP contribution in [0.15, 0.2) is 22.7 Å². The highest BCUT2D eigenvalue weighted by Crippen LogP contribution is 2.24. The Labute approximate surface area is 111 Å². The summed E-state index contributed by atoms with van der Waals surface area (Å²) >= 11 is 8.41. The van der Waals surface area contributed by atoms with Crippen molar-refractivity contribution in [2.75, 3.05) is 11.2 Å². The van der Waals surface area contributed by atoms with Crippen LogP contribution in [0, 0.1) is 5.82 Å². The topological polar surface area (TPSA) is 58.2 Å². The van der Waals surface area contributed by atoms with Gasteiger partial charge in [-0.2, -0.15) is 0 Å². The van der Waals surface area contributed by atoms with Crippen LogP contribution in [0.4, 0.5) is 14.9 Å². The summed E-state index contributed by atoms with van der Waals surface area (Å²) in [5.41, 5.74) is -0.0244.